The first-order valence-corrected chi connectivity index (χ1v) is 7.33. The molecule has 0 saturated heterocycles. The maximum Gasteiger partial charge on any atom is 0.251 e. The van der Waals surface area contributed by atoms with Crippen LogP contribution in [0, 0.1) is 5.92 Å². The molecule has 0 spiro atoms. The molecule has 0 heterocycles. The van der Waals surface area contributed by atoms with Gasteiger partial charge in [-0.25, -0.2) is 0 Å². The zero-order valence-electron chi connectivity index (χ0n) is 10.7. The van der Waals surface area contributed by atoms with E-state index in [0.717, 1.165) is 12.8 Å². The molecule has 2 rings (SSSR count). The summed E-state index contributed by atoms with van der Waals surface area (Å²) in [7, 11) is 0. The zero-order chi connectivity index (χ0) is 13.8. The molecule has 1 atom stereocenters. The molecule has 5 heteroatoms. The van der Waals surface area contributed by atoms with E-state index in [2.05, 4.69) is 5.32 Å². The number of amides is 1. The van der Waals surface area contributed by atoms with Crippen LogP contribution in [-0.2, 0) is 0 Å². The summed E-state index contributed by atoms with van der Waals surface area (Å²) in [6.07, 6.45) is 4.72. The molecule has 1 unspecified atom stereocenters. The minimum absolute atomic E-state index is 0.0350. The van der Waals surface area contributed by atoms with Crippen LogP contribution in [-0.4, -0.2) is 18.5 Å². The van der Waals surface area contributed by atoms with Gasteiger partial charge in [-0.2, -0.15) is 0 Å². The highest BCUT2D eigenvalue weighted by molar-refractivity contribution is 6.35. The highest BCUT2D eigenvalue weighted by Gasteiger charge is 2.25. The summed E-state index contributed by atoms with van der Waals surface area (Å²) >= 11 is 11.8. The van der Waals surface area contributed by atoms with Crippen molar-refractivity contribution < 1.29 is 4.79 Å². The Kier molecular flexibility index (Phi) is 5.08. The zero-order valence-corrected chi connectivity index (χ0v) is 12.2. The summed E-state index contributed by atoms with van der Waals surface area (Å²) in [6, 6.07) is 4.88. The number of hydrogen-bond donors (Lipinski definition) is 2. The molecule has 0 radical (unpaired) electrons. The van der Waals surface area contributed by atoms with Crippen molar-refractivity contribution in [2.75, 3.05) is 6.54 Å². The van der Waals surface area contributed by atoms with Gasteiger partial charge in [0.2, 0.25) is 0 Å². The average Bonchev–Trinajstić information content (AvgIpc) is 2.88. The van der Waals surface area contributed by atoms with Crippen molar-refractivity contribution in [3.05, 3.63) is 33.8 Å². The molecule has 1 aliphatic rings. The highest BCUT2D eigenvalue weighted by Crippen LogP contribution is 2.27. The molecule has 3 nitrogen and oxygen atoms in total. The second-order valence-corrected chi connectivity index (χ2v) is 5.89. The summed E-state index contributed by atoms with van der Waals surface area (Å²) in [5.74, 6) is 0.329. The van der Waals surface area contributed by atoms with E-state index in [9.17, 15) is 4.79 Å². The number of benzene rings is 1. The van der Waals surface area contributed by atoms with Gasteiger partial charge in [0, 0.05) is 28.2 Å². The average molecular weight is 301 g/mol. The van der Waals surface area contributed by atoms with Gasteiger partial charge in [-0.15, -0.1) is 0 Å². The molecule has 19 heavy (non-hydrogen) atoms. The van der Waals surface area contributed by atoms with E-state index in [1.165, 1.54) is 12.8 Å². The summed E-state index contributed by atoms with van der Waals surface area (Å²) in [5, 5.41) is 3.92. The Labute approximate surface area is 123 Å². The van der Waals surface area contributed by atoms with Crippen LogP contribution in [0.1, 0.15) is 36.0 Å². The second kappa shape index (κ2) is 6.60. The maximum absolute atomic E-state index is 12.2. The van der Waals surface area contributed by atoms with Crippen LogP contribution in [0.2, 0.25) is 10.0 Å². The van der Waals surface area contributed by atoms with Gasteiger partial charge in [0.25, 0.3) is 5.91 Å². The van der Waals surface area contributed by atoms with Gasteiger partial charge in [0.1, 0.15) is 0 Å². The van der Waals surface area contributed by atoms with E-state index in [1.807, 2.05) is 0 Å². The first kappa shape index (κ1) is 14.6. The number of nitrogens with one attached hydrogen (secondary N) is 1. The molecule has 1 aromatic rings. The van der Waals surface area contributed by atoms with Gasteiger partial charge >= 0.3 is 0 Å². The molecule has 1 aromatic carbocycles. The van der Waals surface area contributed by atoms with Crippen LogP contribution in [0.25, 0.3) is 0 Å². The van der Waals surface area contributed by atoms with Crippen LogP contribution >= 0.6 is 23.2 Å². The van der Waals surface area contributed by atoms with E-state index >= 15 is 0 Å². The number of nitrogens with two attached hydrogens (primary N) is 1. The molecule has 104 valence electrons. The van der Waals surface area contributed by atoms with Gasteiger partial charge < -0.3 is 11.1 Å². The lowest BCUT2D eigenvalue weighted by molar-refractivity contribution is 0.0924. The molecular formula is C14H18Cl2N2O. The monoisotopic (exact) mass is 300 g/mol. The predicted molar refractivity (Wildman–Crippen MR) is 78.7 cm³/mol. The van der Waals surface area contributed by atoms with E-state index < -0.39 is 0 Å². The smallest absolute Gasteiger partial charge is 0.251 e. The van der Waals surface area contributed by atoms with Crippen LogP contribution in [0.4, 0.5) is 0 Å². The third-order valence-corrected chi connectivity index (χ3v) is 4.10. The third-order valence-electron chi connectivity index (χ3n) is 3.66. The summed E-state index contributed by atoms with van der Waals surface area (Å²) in [6.45, 7) is 0.463. The molecule has 1 aliphatic carbocycles. The third kappa shape index (κ3) is 3.85. The van der Waals surface area contributed by atoms with Crippen LogP contribution in [0.3, 0.4) is 0 Å². The molecule has 1 amide bonds. The minimum atomic E-state index is -0.160. The van der Waals surface area contributed by atoms with Gasteiger partial charge in [0.15, 0.2) is 0 Å². The lowest BCUT2D eigenvalue weighted by Gasteiger charge is -2.23. The standard InChI is InChI=1S/C14H18Cl2N2O/c15-11-5-10(6-12(16)7-11)14(19)18-13(8-17)9-3-1-2-4-9/h5-7,9,13H,1-4,8,17H2,(H,18,19). The molecule has 0 aliphatic heterocycles. The van der Waals surface area contributed by atoms with Crippen molar-refractivity contribution in [2.24, 2.45) is 11.7 Å². The Hall–Kier alpha value is -0.770. The topological polar surface area (TPSA) is 55.1 Å². The van der Waals surface area contributed by atoms with E-state index in [1.54, 1.807) is 18.2 Å². The van der Waals surface area contributed by atoms with Crippen molar-refractivity contribution in [1.82, 2.24) is 5.32 Å². The molecule has 1 fully saturated rings. The highest BCUT2D eigenvalue weighted by atomic mass is 35.5. The van der Waals surface area contributed by atoms with Crippen molar-refractivity contribution in [3.8, 4) is 0 Å². The second-order valence-electron chi connectivity index (χ2n) is 5.02. The number of carbonyl (C=O) groups is 1. The minimum Gasteiger partial charge on any atom is -0.348 e. The van der Waals surface area contributed by atoms with Gasteiger partial charge in [0.05, 0.1) is 0 Å². The van der Waals surface area contributed by atoms with Crippen molar-refractivity contribution in [1.29, 1.82) is 0 Å². The molecule has 3 N–H and O–H groups in total. The maximum atomic E-state index is 12.2. The fraction of sp³-hybridized carbons (Fsp3) is 0.500. The normalized spacial score (nSPS) is 17.4. The Balaban J connectivity index is 2.06. The number of halogens is 2. The summed E-state index contributed by atoms with van der Waals surface area (Å²) in [4.78, 5) is 12.2. The molecule has 0 bridgehead atoms. The van der Waals surface area contributed by atoms with Crippen LogP contribution in [0.15, 0.2) is 18.2 Å². The SMILES string of the molecule is NCC(NC(=O)c1cc(Cl)cc(Cl)c1)C1CCCC1. The van der Waals surface area contributed by atoms with Crippen molar-refractivity contribution >= 4 is 29.1 Å². The van der Waals surface area contributed by atoms with Gasteiger partial charge in [-0.1, -0.05) is 36.0 Å². The van der Waals surface area contributed by atoms with E-state index in [4.69, 9.17) is 28.9 Å². The predicted octanol–water partition coefficient (Wildman–Crippen LogP) is 3.24. The first-order valence-electron chi connectivity index (χ1n) is 6.57. The Bertz CT molecular complexity index is 439. The Morgan fingerprint density at radius 3 is 2.37 bits per heavy atom. The quantitative estimate of drug-likeness (QED) is 0.897. The summed E-state index contributed by atoms with van der Waals surface area (Å²) < 4.78 is 0. The number of rotatable bonds is 4. The number of carbonyl (C=O) groups excluding carboxylic acids is 1. The lowest BCUT2D eigenvalue weighted by Crippen LogP contribution is -2.44. The van der Waals surface area contributed by atoms with E-state index in [-0.39, 0.29) is 11.9 Å². The van der Waals surface area contributed by atoms with Gasteiger partial charge in [-0.3, -0.25) is 4.79 Å². The van der Waals surface area contributed by atoms with Crippen molar-refractivity contribution in [2.45, 2.75) is 31.7 Å². The lowest BCUT2D eigenvalue weighted by atomic mass is 9.98. The summed E-state index contributed by atoms with van der Waals surface area (Å²) in [5.41, 5.74) is 6.25. The Morgan fingerprint density at radius 1 is 1.26 bits per heavy atom. The Morgan fingerprint density at radius 2 is 1.84 bits per heavy atom. The van der Waals surface area contributed by atoms with E-state index in [0.29, 0.717) is 28.1 Å². The fourth-order valence-corrected chi connectivity index (χ4v) is 3.19. The molecular weight excluding hydrogens is 283 g/mol. The molecule has 1 saturated carbocycles. The fourth-order valence-electron chi connectivity index (χ4n) is 2.67. The van der Waals surface area contributed by atoms with Crippen LogP contribution in [0.5, 0.6) is 0 Å². The van der Waals surface area contributed by atoms with Crippen LogP contribution < -0.4 is 11.1 Å². The first-order chi connectivity index (χ1) is 9.10. The number of hydrogen-bond acceptors (Lipinski definition) is 2. The van der Waals surface area contributed by atoms with Gasteiger partial charge in [-0.05, 0) is 37.0 Å². The van der Waals surface area contributed by atoms with Crippen molar-refractivity contribution in [3.63, 3.8) is 0 Å². The molecule has 0 aromatic heterocycles. The largest absolute Gasteiger partial charge is 0.348 e.